The molecule has 0 radical (unpaired) electrons. The maximum absolute atomic E-state index is 11.6. The first-order valence-corrected chi connectivity index (χ1v) is 11.5. The number of anilines is 1. The molecule has 0 amide bonds. The molecular weight excluding hydrogens is 403 g/mol. The van der Waals surface area contributed by atoms with E-state index in [1.807, 2.05) is 30.3 Å². The molecule has 1 N–H and O–H groups in total. The van der Waals surface area contributed by atoms with Gasteiger partial charge in [-0.3, -0.25) is 4.90 Å². The van der Waals surface area contributed by atoms with E-state index in [1.54, 1.807) is 0 Å². The van der Waals surface area contributed by atoms with Crippen LogP contribution in [0.2, 0.25) is 10.0 Å². The van der Waals surface area contributed by atoms with Crippen molar-refractivity contribution in [3.63, 3.8) is 0 Å². The molecule has 0 bridgehead atoms. The first-order chi connectivity index (χ1) is 14.0. The fraction of sp³-hybridized carbons (Fsp3) is 0.500. The Labute approximate surface area is 184 Å². The lowest BCUT2D eigenvalue weighted by atomic mass is 9.72. The number of hydrogen-bond donors (Lipinski definition) is 1. The van der Waals surface area contributed by atoms with Crippen molar-refractivity contribution in [2.45, 2.75) is 37.7 Å². The normalized spacial score (nSPS) is 25.9. The Hall–Kier alpha value is -1.26. The van der Waals surface area contributed by atoms with Crippen molar-refractivity contribution >= 4 is 28.9 Å². The number of aliphatic hydroxyl groups is 1. The summed E-state index contributed by atoms with van der Waals surface area (Å²) in [5.74, 6) is 0.324. The van der Waals surface area contributed by atoms with Gasteiger partial charge in [-0.15, -0.1) is 0 Å². The minimum Gasteiger partial charge on any atom is -0.389 e. The molecule has 5 heteroatoms. The van der Waals surface area contributed by atoms with Crippen molar-refractivity contribution in [1.29, 1.82) is 0 Å². The van der Waals surface area contributed by atoms with E-state index in [0.717, 1.165) is 68.5 Å². The van der Waals surface area contributed by atoms with Crippen LogP contribution >= 0.6 is 23.2 Å². The summed E-state index contributed by atoms with van der Waals surface area (Å²) < 4.78 is 0. The van der Waals surface area contributed by atoms with Crippen LogP contribution in [-0.2, 0) is 6.42 Å². The Morgan fingerprint density at radius 2 is 1.69 bits per heavy atom. The van der Waals surface area contributed by atoms with Gasteiger partial charge in [-0.1, -0.05) is 54.2 Å². The van der Waals surface area contributed by atoms with Crippen LogP contribution in [0, 0.1) is 5.92 Å². The molecule has 2 aliphatic rings. The topological polar surface area (TPSA) is 26.7 Å². The Morgan fingerprint density at radius 1 is 0.931 bits per heavy atom. The van der Waals surface area contributed by atoms with Crippen LogP contribution < -0.4 is 4.90 Å². The van der Waals surface area contributed by atoms with Crippen molar-refractivity contribution in [2.24, 2.45) is 5.92 Å². The fourth-order valence-electron chi connectivity index (χ4n) is 4.92. The van der Waals surface area contributed by atoms with Gasteiger partial charge in [0.1, 0.15) is 0 Å². The molecule has 2 atom stereocenters. The summed E-state index contributed by atoms with van der Waals surface area (Å²) in [5, 5.41) is 13.1. The van der Waals surface area contributed by atoms with Crippen molar-refractivity contribution in [3.8, 4) is 0 Å². The quantitative estimate of drug-likeness (QED) is 0.695. The van der Waals surface area contributed by atoms with Gasteiger partial charge in [0.25, 0.3) is 0 Å². The van der Waals surface area contributed by atoms with Crippen LogP contribution in [0.3, 0.4) is 0 Å². The molecule has 2 fully saturated rings. The molecule has 4 rings (SSSR count). The van der Waals surface area contributed by atoms with Gasteiger partial charge >= 0.3 is 0 Å². The summed E-state index contributed by atoms with van der Waals surface area (Å²) >= 11 is 12.2. The van der Waals surface area contributed by atoms with Gasteiger partial charge in [-0.2, -0.15) is 0 Å². The second-order valence-electron chi connectivity index (χ2n) is 8.62. The van der Waals surface area contributed by atoms with Crippen molar-refractivity contribution in [1.82, 2.24) is 4.90 Å². The van der Waals surface area contributed by atoms with Crippen LogP contribution in [0.5, 0.6) is 0 Å². The molecule has 29 heavy (non-hydrogen) atoms. The van der Waals surface area contributed by atoms with E-state index in [0.29, 0.717) is 5.92 Å². The summed E-state index contributed by atoms with van der Waals surface area (Å²) in [5.41, 5.74) is 1.76. The van der Waals surface area contributed by atoms with E-state index >= 15 is 0 Å². The molecule has 1 saturated heterocycles. The average Bonchev–Trinajstić information content (AvgIpc) is 2.72. The third kappa shape index (κ3) is 5.27. The largest absolute Gasteiger partial charge is 0.389 e. The van der Waals surface area contributed by atoms with Gasteiger partial charge in [0, 0.05) is 60.8 Å². The van der Waals surface area contributed by atoms with Gasteiger partial charge in [0.2, 0.25) is 0 Å². The van der Waals surface area contributed by atoms with Crippen molar-refractivity contribution in [3.05, 3.63) is 64.1 Å². The molecule has 3 nitrogen and oxygen atoms in total. The highest BCUT2D eigenvalue weighted by Gasteiger charge is 2.40. The molecule has 2 unspecified atom stereocenters. The van der Waals surface area contributed by atoms with Crippen LogP contribution in [0.25, 0.3) is 0 Å². The summed E-state index contributed by atoms with van der Waals surface area (Å²) in [6, 6.07) is 16.1. The van der Waals surface area contributed by atoms with E-state index in [1.165, 1.54) is 17.7 Å². The second-order valence-corrected chi connectivity index (χ2v) is 9.49. The number of piperazine rings is 1. The number of halogens is 2. The van der Waals surface area contributed by atoms with Crippen LogP contribution in [0.1, 0.15) is 31.2 Å². The summed E-state index contributed by atoms with van der Waals surface area (Å²) in [4.78, 5) is 4.94. The van der Waals surface area contributed by atoms with E-state index in [2.05, 4.69) is 28.0 Å². The highest BCUT2D eigenvalue weighted by molar-refractivity contribution is 6.31. The second kappa shape index (κ2) is 9.26. The van der Waals surface area contributed by atoms with E-state index in [4.69, 9.17) is 23.2 Å². The zero-order valence-electron chi connectivity index (χ0n) is 16.9. The zero-order chi connectivity index (χ0) is 20.3. The van der Waals surface area contributed by atoms with Gasteiger partial charge in [-0.25, -0.2) is 0 Å². The molecule has 1 heterocycles. The van der Waals surface area contributed by atoms with Crippen LogP contribution in [-0.4, -0.2) is 48.3 Å². The highest BCUT2D eigenvalue weighted by atomic mass is 35.5. The monoisotopic (exact) mass is 432 g/mol. The van der Waals surface area contributed by atoms with Crippen molar-refractivity contribution < 1.29 is 5.11 Å². The summed E-state index contributed by atoms with van der Waals surface area (Å²) in [7, 11) is 0. The molecule has 0 aromatic heterocycles. The molecule has 0 spiro atoms. The Bertz CT molecular complexity index is 805. The van der Waals surface area contributed by atoms with E-state index in [-0.39, 0.29) is 0 Å². The minimum atomic E-state index is -0.615. The number of benzene rings is 2. The predicted molar refractivity (Wildman–Crippen MR) is 122 cm³/mol. The molecule has 2 aromatic rings. The maximum atomic E-state index is 11.6. The predicted octanol–water partition coefficient (Wildman–Crippen LogP) is 5.28. The van der Waals surface area contributed by atoms with Gasteiger partial charge in [-0.05, 0) is 48.7 Å². The number of nitrogens with zero attached hydrogens (tertiary/aromatic N) is 2. The van der Waals surface area contributed by atoms with Crippen LogP contribution in [0.15, 0.2) is 48.5 Å². The maximum Gasteiger partial charge on any atom is 0.0728 e. The third-order valence-electron chi connectivity index (χ3n) is 6.62. The minimum absolute atomic E-state index is 0.324. The molecule has 1 aliphatic heterocycles. The lowest BCUT2D eigenvalue weighted by Crippen LogP contribution is -2.52. The Morgan fingerprint density at radius 3 is 2.41 bits per heavy atom. The lowest BCUT2D eigenvalue weighted by Gasteiger charge is -2.44. The smallest absolute Gasteiger partial charge is 0.0728 e. The fourth-order valence-corrected chi connectivity index (χ4v) is 5.23. The summed E-state index contributed by atoms with van der Waals surface area (Å²) in [6.45, 7) is 5.04. The first kappa shape index (κ1) is 21.0. The summed E-state index contributed by atoms with van der Waals surface area (Å²) in [6.07, 6.45) is 5.05. The number of hydrogen-bond acceptors (Lipinski definition) is 3. The van der Waals surface area contributed by atoms with Crippen molar-refractivity contribution in [2.75, 3.05) is 37.6 Å². The molecule has 2 aromatic carbocycles. The zero-order valence-corrected chi connectivity index (χ0v) is 18.4. The average molecular weight is 433 g/mol. The number of rotatable bonds is 5. The molecule has 1 aliphatic carbocycles. The molecule has 1 saturated carbocycles. The third-order valence-corrected chi connectivity index (χ3v) is 7.11. The van der Waals surface area contributed by atoms with E-state index < -0.39 is 5.60 Å². The SMILES string of the molecule is OC1(Cc2ccc(Cl)cc2)CCCCC1CN1CCN(c2cccc(Cl)c2)CC1. The Kier molecular flexibility index (Phi) is 6.70. The van der Waals surface area contributed by atoms with E-state index in [9.17, 15) is 5.11 Å². The highest BCUT2D eigenvalue weighted by Crippen LogP contribution is 2.37. The Balaban J connectivity index is 1.36. The lowest BCUT2D eigenvalue weighted by molar-refractivity contribution is -0.0595. The first-order valence-electron chi connectivity index (χ1n) is 10.7. The van der Waals surface area contributed by atoms with Gasteiger partial charge in [0.15, 0.2) is 0 Å². The van der Waals surface area contributed by atoms with Gasteiger partial charge in [0.05, 0.1) is 5.60 Å². The molecule has 156 valence electrons. The van der Waals surface area contributed by atoms with Gasteiger partial charge < -0.3 is 10.0 Å². The molecular formula is C24H30Cl2N2O. The standard InChI is InChI=1S/C24H30Cl2N2O/c25-21-9-7-19(8-10-21)17-24(29)11-2-1-4-20(24)18-27-12-14-28(15-13-27)23-6-3-5-22(26)16-23/h3,5-10,16,20,29H,1-2,4,11-15,17-18H2. The van der Waals surface area contributed by atoms with Crippen LogP contribution in [0.4, 0.5) is 5.69 Å².